The molecule has 2 rings (SSSR count). The molecule has 0 spiro atoms. The Morgan fingerprint density at radius 2 is 2.07 bits per heavy atom. The first-order valence-electron chi connectivity index (χ1n) is 9.47. The van der Waals surface area contributed by atoms with Crippen LogP contribution < -0.4 is 5.32 Å². The summed E-state index contributed by atoms with van der Waals surface area (Å²) in [5.74, 6) is -0.347. The highest BCUT2D eigenvalue weighted by molar-refractivity contribution is 7.10. The number of carbonyl (C=O) groups excluding carboxylic acids is 1. The average molecular weight is 398 g/mol. The molecule has 7 heteroatoms. The molecule has 2 aromatic rings. The van der Waals surface area contributed by atoms with Gasteiger partial charge in [-0.05, 0) is 45.5 Å². The molecule has 0 saturated carbocycles. The molecule has 0 aliphatic carbocycles. The fourth-order valence-electron chi connectivity index (χ4n) is 3.00. The van der Waals surface area contributed by atoms with E-state index < -0.39 is 0 Å². The normalized spacial score (nSPS) is 13.0. The third-order valence-corrected chi connectivity index (χ3v) is 5.13. The van der Waals surface area contributed by atoms with Crippen LogP contribution >= 0.6 is 11.3 Å². The average Bonchev–Trinajstić information content (AvgIpc) is 3.22. The molecular weight excluding hydrogens is 370 g/mol. The van der Waals surface area contributed by atoms with Gasteiger partial charge in [0.15, 0.2) is 0 Å². The zero-order valence-electron chi connectivity index (χ0n) is 16.7. The van der Waals surface area contributed by atoms with Crippen molar-refractivity contribution in [3.8, 4) is 6.07 Å². The largest absolute Gasteiger partial charge is 0.345 e. The predicted molar refractivity (Wildman–Crippen MR) is 112 cm³/mol. The van der Waals surface area contributed by atoms with Gasteiger partial charge in [0.1, 0.15) is 22.2 Å². The Hall–Kier alpha value is -2.56. The molecule has 1 aromatic heterocycles. The number of benzene rings is 1. The number of carbonyl (C=O) groups is 1. The SMILES string of the molecule is CCCC(NC(=O)/C(C#N)=C(\CCCN(C)C)c1nncs1)c1ccccc1. The van der Waals surface area contributed by atoms with Gasteiger partial charge in [-0.2, -0.15) is 5.26 Å². The minimum absolute atomic E-state index is 0.125. The van der Waals surface area contributed by atoms with Gasteiger partial charge in [-0.1, -0.05) is 43.7 Å². The van der Waals surface area contributed by atoms with Crippen LogP contribution in [0, 0.1) is 11.3 Å². The Bertz CT molecular complexity index is 809. The molecule has 0 radical (unpaired) electrons. The lowest BCUT2D eigenvalue weighted by Crippen LogP contribution is -2.30. The van der Waals surface area contributed by atoms with Crippen molar-refractivity contribution in [3.63, 3.8) is 0 Å². The van der Waals surface area contributed by atoms with Crippen molar-refractivity contribution in [1.82, 2.24) is 20.4 Å². The molecule has 148 valence electrons. The quantitative estimate of drug-likeness (QED) is 0.487. The number of nitrogens with one attached hydrogen (secondary N) is 1. The summed E-state index contributed by atoms with van der Waals surface area (Å²) in [5.41, 5.74) is 3.47. The molecule has 28 heavy (non-hydrogen) atoms. The minimum Gasteiger partial charge on any atom is -0.345 e. The van der Waals surface area contributed by atoms with Gasteiger partial charge >= 0.3 is 0 Å². The van der Waals surface area contributed by atoms with E-state index in [4.69, 9.17) is 0 Å². The van der Waals surface area contributed by atoms with Gasteiger partial charge in [0.2, 0.25) is 0 Å². The molecule has 6 nitrogen and oxygen atoms in total. The first-order chi connectivity index (χ1) is 13.6. The zero-order valence-corrected chi connectivity index (χ0v) is 17.5. The molecule has 1 amide bonds. The highest BCUT2D eigenvalue weighted by atomic mass is 32.1. The van der Waals surface area contributed by atoms with Crippen molar-refractivity contribution in [2.45, 2.75) is 38.6 Å². The van der Waals surface area contributed by atoms with E-state index in [1.54, 1.807) is 5.51 Å². The lowest BCUT2D eigenvalue weighted by Gasteiger charge is -2.19. The van der Waals surface area contributed by atoms with Gasteiger partial charge < -0.3 is 10.2 Å². The number of nitriles is 1. The standard InChI is InChI=1S/C21H27N5OS/c1-4-9-19(16-10-6-5-7-11-16)24-20(27)18(14-22)17(12-8-13-26(2)3)21-25-23-15-28-21/h5-7,10-11,15,19H,4,8-9,12-13H2,1-3H3,(H,24,27)/b18-17+. The molecule has 1 N–H and O–H groups in total. The van der Waals surface area contributed by atoms with E-state index in [0.29, 0.717) is 17.0 Å². The third kappa shape index (κ3) is 6.25. The lowest BCUT2D eigenvalue weighted by molar-refractivity contribution is -0.117. The van der Waals surface area contributed by atoms with E-state index in [-0.39, 0.29) is 17.5 Å². The Labute approximate surface area is 170 Å². The first kappa shape index (κ1) is 21.7. The number of hydrogen-bond acceptors (Lipinski definition) is 6. The van der Waals surface area contributed by atoms with Crippen molar-refractivity contribution < 1.29 is 4.79 Å². The van der Waals surface area contributed by atoms with Crippen LogP contribution in [0.2, 0.25) is 0 Å². The van der Waals surface area contributed by atoms with E-state index in [1.165, 1.54) is 11.3 Å². The van der Waals surface area contributed by atoms with Gasteiger partial charge in [-0.3, -0.25) is 4.79 Å². The van der Waals surface area contributed by atoms with Crippen LogP contribution in [0.25, 0.3) is 5.57 Å². The summed E-state index contributed by atoms with van der Waals surface area (Å²) in [6.45, 7) is 2.95. The van der Waals surface area contributed by atoms with E-state index in [9.17, 15) is 10.1 Å². The molecule has 0 fully saturated rings. The fraction of sp³-hybridized carbons (Fsp3) is 0.429. The molecule has 0 aliphatic heterocycles. The van der Waals surface area contributed by atoms with Crippen LogP contribution in [-0.4, -0.2) is 41.6 Å². The molecular formula is C21H27N5OS. The van der Waals surface area contributed by atoms with Crippen molar-refractivity contribution in [1.29, 1.82) is 5.26 Å². The summed E-state index contributed by atoms with van der Waals surface area (Å²) >= 11 is 1.35. The first-order valence-corrected chi connectivity index (χ1v) is 10.3. The maximum atomic E-state index is 13.0. The number of hydrogen-bond donors (Lipinski definition) is 1. The van der Waals surface area contributed by atoms with Crippen molar-refractivity contribution in [2.75, 3.05) is 20.6 Å². The fourth-order valence-corrected chi connectivity index (χ4v) is 3.63. The predicted octanol–water partition coefficient (Wildman–Crippen LogP) is 3.81. The van der Waals surface area contributed by atoms with Crippen LogP contribution in [0.4, 0.5) is 0 Å². The van der Waals surface area contributed by atoms with Crippen LogP contribution in [0.3, 0.4) is 0 Å². The van der Waals surface area contributed by atoms with Gasteiger partial charge in [0.25, 0.3) is 5.91 Å². The smallest absolute Gasteiger partial charge is 0.262 e. The van der Waals surface area contributed by atoms with Gasteiger partial charge in [-0.15, -0.1) is 21.5 Å². The third-order valence-electron chi connectivity index (χ3n) is 4.38. The van der Waals surface area contributed by atoms with Crippen molar-refractivity contribution in [3.05, 3.63) is 52.0 Å². The van der Waals surface area contributed by atoms with Gasteiger partial charge in [0.05, 0.1) is 6.04 Å². The Morgan fingerprint density at radius 3 is 2.64 bits per heavy atom. The highest BCUT2D eigenvalue weighted by Gasteiger charge is 2.22. The van der Waals surface area contributed by atoms with E-state index in [2.05, 4.69) is 33.4 Å². The molecule has 0 saturated heterocycles. The molecule has 1 aromatic carbocycles. The van der Waals surface area contributed by atoms with Crippen LogP contribution in [0.15, 0.2) is 41.4 Å². The van der Waals surface area contributed by atoms with Crippen LogP contribution in [-0.2, 0) is 4.79 Å². The Balaban J connectivity index is 2.29. The van der Waals surface area contributed by atoms with Crippen molar-refractivity contribution in [2.24, 2.45) is 0 Å². The summed E-state index contributed by atoms with van der Waals surface area (Å²) in [6, 6.07) is 11.9. The second kappa shape index (κ2) is 11.3. The van der Waals surface area contributed by atoms with E-state index >= 15 is 0 Å². The maximum absolute atomic E-state index is 13.0. The Morgan fingerprint density at radius 1 is 1.32 bits per heavy atom. The summed E-state index contributed by atoms with van der Waals surface area (Å²) in [5, 5.41) is 21.4. The maximum Gasteiger partial charge on any atom is 0.262 e. The minimum atomic E-state index is -0.347. The number of nitrogens with zero attached hydrogens (tertiary/aromatic N) is 4. The zero-order chi connectivity index (χ0) is 20.4. The summed E-state index contributed by atoms with van der Waals surface area (Å²) in [7, 11) is 4.00. The van der Waals surface area contributed by atoms with Crippen molar-refractivity contribution >= 4 is 22.8 Å². The Kier molecular flexibility index (Phi) is 8.79. The molecule has 1 atom stereocenters. The number of aromatic nitrogens is 2. The summed E-state index contributed by atoms with van der Waals surface area (Å²) in [6.07, 6.45) is 3.17. The second-order valence-corrected chi connectivity index (χ2v) is 7.67. The molecule has 0 bridgehead atoms. The summed E-state index contributed by atoms with van der Waals surface area (Å²) in [4.78, 5) is 15.1. The van der Waals surface area contributed by atoms with Crippen LogP contribution in [0.1, 0.15) is 49.2 Å². The van der Waals surface area contributed by atoms with E-state index in [0.717, 1.165) is 31.4 Å². The molecule has 0 aliphatic rings. The summed E-state index contributed by atoms with van der Waals surface area (Å²) < 4.78 is 0. The monoisotopic (exact) mass is 397 g/mol. The van der Waals surface area contributed by atoms with E-state index in [1.807, 2.05) is 44.4 Å². The van der Waals surface area contributed by atoms with Gasteiger partial charge in [-0.25, -0.2) is 0 Å². The lowest BCUT2D eigenvalue weighted by atomic mass is 10.00. The molecule has 1 heterocycles. The second-order valence-electron chi connectivity index (χ2n) is 6.84. The highest BCUT2D eigenvalue weighted by Crippen LogP contribution is 2.26. The van der Waals surface area contributed by atoms with Gasteiger partial charge in [0, 0.05) is 5.57 Å². The number of allylic oxidation sites excluding steroid dienone is 1. The molecule has 1 unspecified atom stereocenters. The topological polar surface area (TPSA) is 81.9 Å². The van der Waals surface area contributed by atoms with Crippen LogP contribution in [0.5, 0.6) is 0 Å². The number of amides is 1. The number of rotatable bonds is 10.